The fourth-order valence-corrected chi connectivity index (χ4v) is 3.28. The molecular formula is C18H24N4O4. The maximum absolute atomic E-state index is 12.4. The van der Waals surface area contributed by atoms with Gasteiger partial charge in [-0.2, -0.15) is 0 Å². The van der Waals surface area contributed by atoms with Gasteiger partial charge in [0.1, 0.15) is 5.60 Å². The minimum atomic E-state index is -0.536. The van der Waals surface area contributed by atoms with Crippen molar-refractivity contribution in [3.05, 3.63) is 34.2 Å². The van der Waals surface area contributed by atoms with Crippen LogP contribution in [0, 0.1) is 0 Å². The van der Waals surface area contributed by atoms with Crippen molar-refractivity contribution >= 4 is 23.0 Å². The molecule has 1 aliphatic heterocycles. The van der Waals surface area contributed by atoms with E-state index in [4.69, 9.17) is 10.5 Å². The van der Waals surface area contributed by atoms with Crippen LogP contribution in [0.2, 0.25) is 0 Å². The van der Waals surface area contributed by atoms with Crippen molar-refractivity contribution in [1.82, 2.24) is 14.5 Å². The molecule has 1 saturated heterocycles. The molecule has 3 rings (SSSR count). The van der Waals surface area contributed by atoms with Gasteiger partial charge in [0.05, 0.1) is 11.0 Å². The van der Waals surface area contributed by atoms with Gasteiger partial charge >= 0.3 is 11.8 Å². The number of imidazole rings is 1. The van der Waals surface area contributed by atoms with E-state index >= 15 is 0 Å². The summed E-state index contributed by atoms with van der Waals surface area (Å²) < 4.78 is 7.10. The van der Waals surface area contributed by atoms with Crippen molar-refractivity contribution in [3.8, 4) is 0 Å². The largest absolute Gasteiger partial charge is 0.444 e. The number of ether oxygens (including phenoxy) is 1. The lowest BCUT2D eigenvalue weighted by Crippen LogP contribution is -2.43. The Morgan fingerprint density at radius 3 is 2.46 bits per heavy atom. The van der Waals surface area contributed by atoms with Crippen molar-refractivity contribution in [1.29, 1.82) is 0 Å². The molecule has 1 aliphatic rings. The van der Waals surface area contributed by atoms with E-state index in [1.165, 1.54) is 0 Å². The van der Waals surface area contributed by atoms with E-state index < -0.39 is 11.5 Å². The summed E-state index contributed by atoms with van der Waals surface area (Å²) in [6, 6.07) is 4.91. The Morgan fingerprint density at radius 1 is 1.23 bits per heavy atom. The number of carbonyl (C=O) groups is 2. The summed E-state index contributed by atoms with van der Waals surface area (Å²) in [5.41, 5.74) is 6.21. The van der Waals surface area contributed by atoms with Crippen molar-refractivity contribution in [3.63, 3.8) is 0 Å². The predicted octanol–water partition coefficient (Wildman–Crippen LogP) is 2.00. The summed E-state index contributed by atoms with van der Waals surface area (Å²) in [6.45, 7) is 6.56. The summed E-state index contributed by atoms with van der Waals surface area (Å²) in [5.74, 6) is -0.536. The monoisotopic (exact) mass is 360 g/mol. The number of hydrogen-bond donors (Lipinski definition) is 2. The number of likely N-dealkylation sites (tertiary alicyclic amines) is 1. The molecule has 0 saturated carbocycles. The molecule has 1 fully saturated rings. The third-order valence-corrected chi connectivity index (χ3v) is 4.48. The second kappa shape index (κ2) is 6.51. The van der Waals surface area contributed by atoms with Crippen LogP contribution in [0.1, 0.15) is 50.0 Å². The average molecular weight is 360 g/mol. The number of nitrogens with zero attached hydrogens (tertiary/aromatic N) is 2. The zero-order chi connectivity index (χ0) is 19.1. The number of primary amides is 1. The summed E-state index contributed by atoms with van der Waals surface area (Å²) in [6.07, 6.45) is 0.987. The average Bonchev–Trinajstić information content (AvgIpc) is 2.88. The number of aromatic amines is 1. The van der Waals surface area contributed by atoms with E-state index in [0.29, 0.717) is 37.0 Å². The zero-order valence-corrected chi connectivity index (χ0v) is 15.2. The number of amides is 2. The quantitative estimate of drug-likeness (QED) is 0.853. The Hall–Kier alpha value is -2.77. The predicted molar refractivity (Wildman–Crippen MR) is 97.2 cm³/mol. The van der Waals surface area contributed by atoms with Crippen LogP contribution in [0.3, 0.4) is 0 Å². The fraction of sp³-hybridized carbons (Fsp3) is 0.500. The zero-order valence-electron chi connectivity index (χ0n) is 15.2. The minimum absolute atomic E-state index is 0.0191. The standard InChI is InChI=1S/C18H24N4O4/c1-18(2,3)26-17(25)21-8-6-12(7-9-21)22-14-5-4-11(15(19)23)10-13(14)20-16(22)24/h4-5,10,12H,6-9H2,1-3H3,(H2,19,23)(H,20,24). The van der Waals surface area contributed by atoms with Gasteiger partial charge in [-0.05, 0) is 51.8 Å². The van der Waals surface area contributed by atoms with Crippen molar-refractivity contribution < 1.29 is 14.3 Å². The number of fused-ring (bicyclic) bond motifs is 1. The second-order valence-electron chi connectivity index (χ2n) is 7.59. The van der Waals surface area contributed by atoms with E-state index in [1.54, 1.807) is 27.7 Å². The minimum Gasteiger partial charge on any atom is -0.444 e. The number of benzene rings is 1. The van der Waals surface area contributed by atoms with Gasteiger partial charge in [-0.3, -0.25) is 9.36 Å². The normalized spacial score (nSPS) is 16.0. The van der Waals surface area contributed by atoms with Gasteiger partial charge in [0.2, 0.25) is 5.91 Å². The number of hydrogen-bond acceptors (Lipinski definition) is 4. The molecule has 0 bridgehead atoms. The van der Waals surface area contributed by atoms with Gasteiger partial charge in [0.25, 0.3) is 0 Å². The van der Waals surface area contributed by atoms with Gasteiger partial charge in [-0.1, -0.05) is 0 Å². The molecule has 2 heterocycles. The molecule has 1 aromatic carbocycles. The first-order chi connectivity index (χ1) is 12.2. The highest BCUT2D eigenvalue weighted by Gasteiger charge is 2.29. The Labute approximate surface area is 150 Å². The van der Waals surface area contributed by atoms with E-state index in [1.807, 2.05) is 20.8 Å². The summed E-state index contributed by atoms with van der Waals surface area (Å²) in [4.78, 5) is 40.3. The molecule has 0 unspecified atom stereocenters. The van der Waals surface area contributed by atoms with E-state index in [9.17, 15) is 14.4 Å². The van der Waals surface area contributed by atoms with Gasteiger partial charge in [-0.25, -0.2) is 9.59 Å². The summed E-state index contributed by atoms with van der Waals surface area (Å²) >= 11 is 0. The smallest absolute Gasteiger partial charge is 0.410 e. The van der Waals surface area contributed by atoms with Crippen LogP contribution in [-0.4, -0.2) is 45.1 Å². The number of nitrogens with two attached hydrogens (primary N) is 1. The lowest BCUT2D eigenvalue weighted by molar-refractivity contribution is 0.0189. The Balaban J connectivity index is 1.77. The molecule has 0 atom stereocenters. The van der Waals surface area contributed by atoms with Crippen LogP contribution in [0.25, 0.3) is 11.0 Å². The van der Waals surface area contributed by atoms with E-state index in [-0.39, 0.29) is 17.8 Å². The molecule has 0 spiro atoms. The topological polar surface area (TPSA) is 110 Å². The van der Waals surface area contributed by atoms with Gasteiger partial charge < -0.3 is 20.4 Å². The molecule has 26 heavy (non-hydrogen) atoms. The van der Waals surface area contributed by atoms with Crippen LogP contribution in [0.15, 0.2) is 23.0 Å². The molecule has 8 heteroatoms. The van der Waals surface area contributed by atoms with Crippen LogP contribution in [-0.2, 0) is 4.74 Å². The van der Waals surface area contributed by atoms with Crippen LogP contribution < -0.4 is 11.4 Å². The Kier molecular flexibility index (Phi) is 4.52. The first-order valence-electron chi connectivity index (χ1n) is 8.68. The lowest BCUT2D eigenvalue weighted by atomic mass is 10.0. The number of carbonyl (C=O) groups excluding carboxylic acids is 2. The molecule has 1 aromatic heterocycles. The van der Waals surface area contributed by atoms with E-state index in [2.05, 4.69) is 4.98 Å². The SMILES string of the molecule is CC(C)(C)OC(=O)N1CCC(n2c(=O)[nH]c3cc(C(N)=O)ccc32)CC1. The highest BCUT2D eigenvalue weighted by Crippen LogP contribution is 2.26. The number of rotatable bonds is 2. The first kappa shape index (κ1) is 18.0. The fourth-order valence-electron chi connectivity index (χ4n) is 3.28. The van der Waals surface area contributed by atoms with E-state index in [0.717, 1.165) is 5.52 Å². The van der Waals surface area contributed by atoms with Crippen LogP contribution in [0.4, 0.5) is 4.79 Å². The number of H-pyrrole nitrogens is 1. The van der Waals surface area contributed by atoms with Crippen molar-refractivity contribution in [2.45, 2.75) is 45.3 Å². The Morgan fingerprint density at radius 2 is 1.88 bits per heavy atom. The molecule has 8 nitrogen and oxygen atoms in total. The first-order valence-corrected chi connectivity index (χ1v) is 8.68. The van der Waals surface area contributed by atoms with Gasteiger partial charge in [-0.15, -0.1) is 0 Å². The van der Waals surface area contributed by atoms with Crippen LogP contribution in [0.5, 0.6) is 0 Å². The van der Waals surface area contributed by atoms with Crippen molar-refractivity contribution in [2.75, 3.05) is 13.1 Å². The highest BCUT2D eigenvalue weighted by molar-refractivity contribution is 5.96. The molecule has 2 amide bonds. The van der Waals surface area contributed by atoms with Gasteiger partial charge in [0, 0.05) is 24.7 Å². The molecule has 3 N–H and O–H groups in total. The third kappa shape index (κ3) is 3.58. The van der Waals surface area contributed by atoms with Crippen molar-refractivity contribution in [2.24, 2.45) is 5.73 Å². The number of piperidine rings is 1. The highest BCUT2D eigenvalue weighted by atomic mass is 16.6. The third-order valence-electron chi connectivity index (χ3n) is 4.48. The lowest BCUT2D eigenvalue weighted by Gasteiger charge is -2.33. The summed E-state index contributed by atoms with van der Waals surface area (Å²) in [7, 11) is 0. The number of aromatic nitrogens is 2. The van der Waals surface area contributed by atoms with Crippen LogP contribution >= 0.6 is 0 Å². The molecule has 140 valence electrons. The molecular weight excluding hydrogens is 336 g/mol. The maximum Gasteiger partial charge on any atom is 0.410 e. The second-order valence-corrected chi connectivity index (χ2v) is 7.59. The molecule has 0 aliphatic carbocycles. The number of nitrogens with one attached hydrogen (secondary N) is 1. The Bertz CT molecular complexity index is 898. The molecule has 0 radical (unpaired) electrons. The van der Waals surface area contributed by atoms with Gasteiger partial charge in [0.15, 0.2) is 0 Å². The maximum atomic E-state index is 12.4. The molecule has 2 aromatic rings. The summed E-state index contributed by atoms with van der Waals surface area (Å²) in [5, 5.41) is 0.